The number of carbonyl (C=O) groups is 1. The van der Waals surface area contributed by atoms with Gasteiger partial charge in [0.25, 0.3) is 0 Å². The molecule has 0 aromatic heterocycles. The minimum atomic E-state index is 0.0148. The number of guanidine groups is 1. The Bertz CT molecular complexity index is 745. The second kappa shape index (κ2) is 11.6. The highest BCUT2D eigenvalue weighted by molar-refractivity contribution is 5.81. The van der Waals surface area contributed by atoms with Crippen molar-refractivity contribution in [3.63, 3.8) is 0 Å². The molecule has 0 aliphatic carbocycles. The van der Waals surface area contributed by atoms with Gasteiger partial charge in [0.15, 0.2) is 5.96 Å². The monoisotopic (exact) mass is 382 g/mol. The first kappa shape index (κ1) is 21.3. The lowest BCUT2D eigenvalue weighted by Crippen LogP contribution is -2.40. The largest absolute Gasteiger partial charge is 0.494 e. The highest BCUT2D eigenvalue weighted by Crippen LogP contribution is 2.13. The molecule has 2 rings (SSSR count). The van der Waals surface area contributed by atoms with Crippen molar-refractivity contribution in [1.82, 2.24) is 15.5 Å². The van der Waals surface area contributed by atoms with Crippen LogP contribution in [0.15, 0.2) is 59.6 Å². The molecular formula is C22H30N4O2. The Morgan fingerprint density at radius 3 is 2.39 bits per heavy atom. The van der Waals surface area contributed by atoms with Crippen molar-refractivity contribution < 1.29 is 9.53 Å². The molecule has 0 atom stereocenters. The summed E-state index contributed by atoms with van der Waals surface area (Å²) in [6, 6.07) is 17.9. The van der Waals surface area contributed by atoms with Crippen molar-refractivity contribution in [3.8, 4) is 5.75 Å². The number of amides is 1. The molecule has 0 aliphatic rings. The number of benzene rings is 2. The van der Waals surface area contributed by atoms with Gasteiger partial charge < -0.3 is 20.3 Å². The Morgan fingerprint density at radius 1 is 1.04 bits per heavy atom. The van der Waals surface area contributed by atoms with Crippen LogP contribution in [0.4, 0.5) is 0 Å². The second-order valence-corrected chi connectivity index (χ2v) is 6.42. The van der Waals surface area contributed by atoms with E-state index in [-0.39, 0.29) is 5.91 Å². The molecule has 2 aromatic rings. The predicted molar refractivity (Wildman–Crippen MR) is 113 cm³/mol. The van der Waals surface area contributed by atoms with Crippen LogP contribution in [-0.4, -0.2) is 44.0 Å². The summed E-state index contributed by atoms with van der Waals surface area (Å²) in [5.74, 6) is 1.64. The molecule has 0 heterocycles. The van der Waals surface area contributed by atoms with Gasteiger partial charge in [-0.2, -0.15) is 0 Å². The van der Waals surface area contributed by atoms with E-state index in [4.69, 9.17) is 4.74 Å². The van der Waals surface area contributed by atoms with Gasteiger partial charge >= 0.3 is 0 Å². The normalized spacial score (nSPS) is 11.0. The second-order valence-electron chi connectivity index (χ2n) is 6.42. The molecule has 0 saturated heterocycles. The SMILES string of the molecule is CCOc1ccc(CN(C)C(=NC)NCCC(=O)NCc2ccccc2)cc1. The number of aliphatic imine (C=N–C) groups is 1. The highest BCUT2D eigenvalue weighted by Gasteiger charge is 2.08. The summed E-state index contributed by atoms with van der Waals surface area (Å²) in [5, 5.41) is 6.17. The molecule has 150 valence electrons. The van der Waals surface area contributed by atoms with E-state index in [0.29, 0.717) is 32.7 Å². The summed E-state index contributed by atoms with van der Waals surface area (Å²) in [5.41, 5.74) is 2.25. The molecule has 0 saturated carbocycles. The van der Waals surface area contributed by atoms with Crippen LogP contribution >= 0.6 is 0 Å². The first-order chi connectivity index (χ1) is 13.6. The van der Waals surface area contributed by atoms with Crippen molar-refractivity contribution >= 4 is 11.9 Å². The van der Waals surface area contributed by atoms with Crippen LogP contribution in [0.2, 0.25) is 0 Å². The molecule has 28 heavy (non-hydrogen) atoms. The molecular weight excluding hydrogens is 352 g/mol. The fourth-order valence-corrected chi connectivity index (χ4v) is 2.76. The maximum atomic E-state index is 12.0. The van der Waals surface area contributed by atoms with Crippen LogP contribution in [0.5, 0.6) is 5.75 Å². The van der Waals surface area contributed by atoms with E-state index in [2.05, 4.69) is 15.6 Å². The van der Waals surface area contributed by atoms with Crippen molar-refractivity contribution in [1.29, 1.82) is 0 Å². The number of ether oxygens (including phenoxy) is 1. The fourth-order valence-electron chi connectivity index (χ4n) is 2.76. The molecule has 0 spiro atoms. The van der Waals surface area contributed by atoms with E-state index in [0.717, 1.165) is 22.8 Å². The van der Waals surface area contributed by atoms with Gasteiger partial charge in [-0.3, -0.25) is 9.79 Å². The number of carbonyl (C=O) groups excluding carboxylic acids is 1. The molecule has 2 N–H and O–H groups in total. The minimum Gasteiger partial charge on any atom is -0.494 e. The van der Waals surface area contributed by atoms with Crippen LogP contribution in [0.25, 0.3) is 0 Å². The fraction of sp³-hybridized carbons (Fsp3) is 0.364. The Morgan fingerprint density at radius 2 is 1.75 bits per heavy atom. The lowest BCUT2D eigenvalue weighted by Gasteiger charge is -2.22. The minimum absolute atomic E-state index is 0.0148. The van der Waals surface area contributed by atoms with E-state index >= 15 is 0 Å². The molecule has 0 aliphatic heterocycles. The van der Waals surface area contributed by atoms with Gasteiger partial charge in [0.05, 0.1) is 6.61 Å². The van der Waals surface area contributed by atoms with E-state index < -0.39 is 0 Å². The molecule has 2 aromatic carbocycles. The number of nitrogens with one attached hydrogen (secondary N) is 2. The topological polar surface area (TPSA) is 66.0 Å². The number of nitrogens with zero attached hydrogens (tertiary/aromatic N) is 2. The van der Waals surface area contributed by atoms with Gasteiger partial charge in [-0.05, 0) is 30.2 Å². The zero-order valence-electron chi connectivity index (χ0n) is 16.9. The molecule has 6 heteroatoms. The van der Waals surface area contributed by atoms with E-state index in [1.165, 1.54) is 0 Å². The third-order valence-corrected chi connectivity index (χ3v) is 4.20. The van der Waals surface area contributed by atoms with Crippen LogP contribution in [0.3, 0.4) is 0 Å². The zero-order valence-corrected chi connectivity index (χ0v) is 16.9. The summed E-state index contributed by atoms with van der Waals surface area (Å²) in [6.45, 7) is 4.42. The standard InChI is InChI=1S/C22H30N4O2/c1-4-28-20-12-10-19(11-13-20)17-26(3)22(23-2)24-15-14-21(27)25-16-18-8-6-5-7-9-18/h5-13H,4,14-17H2,1-3H3,(H,23,24)(H,25,27). The predicted octanol–water partition coefficient (Wildman–Crippen LogP) is 2.80. The quantitative estimate of drug-likeness (QED) is 0.517. The van der Waals surface area contributed by atoms with Crippen LogP contribution < -0.4 is 15.4 Å². The lowest BCUT2D eigenvalue weighted by atomic mass is 10.2. The van der Waals surface area contributed by atoms with Gasteiger partial charge in [-0.1, -0.05) is 42.5 Å². The molecule has 0 bridgehead atoms. The molecule has 0 unspecified atom stereocenters. The highest BCUT2D eigenvalue weighted by atomic mass is 16.5. The summed E-state index contributed by atoms with van der Waals surface area (Å²) in [7, 11) is 3.72. The van der Waals surface area contributed by atoms with Gasteiger partial charge in [0.2, 0.25) is 5.91 Å². The average molecular weight is 383 g/mol. The third kappa shape index (κ3) is 7.31. The summed E-state index contributed by atoms with van der Waals surface area (Å²) in [4.78, 5) is 18.3. The van der Waals surface area contributed by atoms with Crippen molar-refractivity contribution in [2.45, 2.75) is 26.4 Å². The number of rotatable bonds is 9. The number of hydrogen-bond donors (Lipinski definition) is 2. The smallest absolute Gasteiger partial charge is 0.222 e. The van der Waals surface area contributed by atoms with Gasteiger partial charge in [-0.15, -0.1) is 0 Å². The zero-order chi connectivity index (χ0) is 20.2. The molecule has 0 fully saturated rings. The van der Waals surface area contributed by atoms with E-state index in [9.17, 15) is 4.79 Å². The van der Waals surface area contributed by atoms with Crippen LogP contribution in [0.1, 0.15) is 24.5 Å². The maximum absolute atomic E-state index is 12.0. The molecule has 1 amide bonds. The lowest BCUT2D eigenvalue weighted by molar-refractivity contribution is -0.121. The van der Waals surface area contributed by atoms with Gasteiger partial charge in [0, 0.05) is 40.2 Å². The summed E-state index contributed by atoms with van der Waals surface area (Å²) in [6.07, 6.45) is 0.392. The Labute approximate surface area is 167 Å². The van der Waals surface area contributed by atoms with Crippen LogP contribution in [-0.2, 0) is 17.9 Å². The number of hydrogen-bond acceptors (Lipinski definition) is 3. The Hall–Kier alpha value is -3.02. The Kier molecular flexibility index (Phi) is 8.85. The average Bonchev–Trinajstić information content (AvgIpc) is 2.72. The summed E-state index contributed by atoms with van der Waals surface area (Å²) >= 11 is 0. The van der Waals surface area contributed by atoms with Crippen molar-refractivity contribution in [3.05, 3.63) is 65.7 Å². The maximum Gasteiger partial charge on any atom is 0.222 e. The third-order valence-electron chi connectivity index (χ3n) is 4.20. The van der Waals surface area contributed by atoms with E-state index in [1.807, 2.05) is 73.5 Å². The van der Waals surface area contributed by atoms with Crippen molar-refractivity contribution in [2.24, 2.45) is 4.99 Å². The van der Waals surface area contributed by atoms with Gasteiger partial charge in [-0.25, -0.2) is 0 Å². The first-order valence-electron chi connectivity index (χ1n) is 9.56. The van der Waals surface area contributed by atoms with Gasteiger partial charge in [0.1, 0.15) is 5.75 Å². The summed E-state index contributed by atoms with van der Waals surface area (Å²) < 4.78 is 5.47. The molecule has 6 nitrogen and oxygen atoms in total. The van der Waals surface area contributed by atoms with Crippen LogP contribution in [0, 0.1) is 0 Å². The van der Waals surface area contributed by atoms with E-state index in [1.54, 1.807) is 7.05 Å². The van der Waals surface area contributed by atoms with Crippen molar-refractivity contribution in [2.75, 3.05) is 27.2 Å². The first-order valence-corrected chi connectivity index (χ1v) is 9.56. The Balaban J connectivity index is 1.72. The molecule has 0 radical (unpaired) electrons.